The zero-order valence-electron chi connectivity index (χ0n) is 16.6. The van der Waals surface area contributed by atoms with Crippen molar-refractivity contribution >= 4 is 34.8 Å². The van der Waals surface area contributed by atoms with Crippen LogP contribution in [-0.4, -0.2) is 25.5 Å². The fraction of sp³-hybridized carbons (Fsp3) is 0.130. The van der Waals surface area contributed by atoms with Crippen LogP contribution in [0.2, 0.25) is 5.02 Å². The van der Waals surface area contributed by atoms with E-state index in [4.69, 9.17) is 21.1 Å². The molecule has 0 spiro atoms. The van der Waals surface area contributed by atoms with Crippen LogP contribution in [0.15, 0.2) is 66.7 Å². The molecule has 2 amide bonds. The lowest BCUT2D eigenvalue weighted by Crippen LogP contribution is -2.20. The molecule has 0 atom stereocenters. The summed E-state index contributed by atoms with van der Waals surface area (Å²) in [6, 6.07) is 20.2. The van der Waals surface area contributed by atoms with Crippen molar-refractivity contribution in [3.05, 3.63) is 71.8 Å². The Balaban J connectivity index is 1.65. The normalized spacial score (nSPS) is 10.2. The zero-order valence-corrected chi connectivity index (χ0v) is 17.3. The molecular weight excluding hydrogens is 404 g/mol. The summed E-state index contributed by atoms with van der Waals surface area (Å²) in [5.41, 5.74) is 2.95. The first-order valence-corrected chi connectivity index (χ1v) is 9.57. The maximum absolute atomic E-state index is 12.4. The monoisotopic (exact) mass is 424 g/mol. The Bertz CT molecular complexity index is 1050. The molecule has 30 heavy (non-hydrogen) atoms. The van der Waals surface area contributed by atoms with Gasteiger partial charge in [-0.05, 0) is 41.5 Å². The molecule has 3 aromatic carbocycles. The Hall–Kier alpha value is -3.51. The van der Waals surface area contributed by atoms with E-state index in [9.17, 15) is 9.59 Å². The number of nitrogens with one attached hydrogen (secondary N) is 2. The molecule has 0 saturated carbocycles. The number of hydrogen-bond acceptors (Lipinski definition) is 4. The Morgan fingerprint density at radius 3 is 2.30 bits per heavy atom. The highest BCUT2D eigenvalue weighted by Crippen LogP contribution is 2.31. The van der Waals surface area contributed by atoms with Crippen molar-refractivity contribution in [3.8, 4) is 22.6 Å². The van der Waals surface area contributed by atoms with Gasteiger partial charge in [-0.15, -0.1) is 0 Å². The minimum atomic E-state index is -0.392. The lowest BCUT2D eigenvalue weighted by atomic mass is 10.1. The third-order valence-electron chi connectivity index (χ3n) is 4.19. The second-order valence-electron chi connectivity index (χ2n) is 6.44. The van der Waals surface area contributed by atoms with Gasteiger partial charge in [-0.3, -0.25) is 9.59 Å². The number of rotatable bonds is 7. The van der Waals surface area contributed by atoms with Gasteiger partial charge < -0.3 is 20.1 Å². The smallest absolute Gasteiger partial charge is 0.262 e. The molecule has 3 aromatic rings. The largest absolute Gasteiger partial charge is 0.495 e. The summed E-state index contributed by atoms with van der Waals surface area (Å²) in [4.78, 5) is 23.6. The van der Waals surface area contributed by atoms with Gasteiger partial charge in [-0.25, -0.2) is 0 Å². The summed E-state index contributed by atoms with van der Waals surface area (Å²) in [5.74, 6) is 0.263. The Labute approximate surface area is 179 Å². The Morgan fingerprint density at radius 2 is 1.63 bits per heavy atom. The number of carbonyl (C=O) groups excluding carboxylic acids is 2. The first-order valence-electron chi connectivity index (χ1n) is 9.19. The van der Waals surface area contributed by atoms with E-state index in [2.05, 4.69) is 10.6 Å². The van der Waals surface area contributed by atoms with Crippen LogP contribution in [0.3, 0.4) is 0 Å². The second kappa shape index (κ2) is 9.80. The van der Waals surface area contributed by atoms with Gasteiger partial charge in [-0.2, -0.15) is 0 Å². The van der Waals surface area contributed by atoms with Crippen molar-refractivity contribution in [1.29, 1.82) is 0 Å². The molecule has 0 unspecified atom stereocenters. The minimum absolute atomic E-state index is 0.214. The van der Waals surface area contributed by atoms with E-state index in [1.54, 1.807) is 30.3 Å². The summed E-state index contributed by atoms with van der Waals surface area (Å²) in [6.07, 6.45) is 0. The molecule has 0 aliphatic rings. The van der Waals surface area contributed by atoms with Gasteiger partial charge in [0.15, 0.2) is 6.61 Å². The fourth-order valence-corrected chi connectivity index (χ4v) is 3.08. The van der Waals surface area contributed by atoms with Gasteiger partial charge in [-0.1, -0.05) is 48.0 Å². The van der Waals surface area contributed by atoms with Crippen LogP contribution in [-0.2, 0) is 9.59 Å². The molecule has 0 aromatic heterocycles. The van der Waals surface area contributed by atoms with Crippen LogP contribution in [0.1, 0.15) is 6.92 Å². The summed E-state index contributed by atoms with van der Waals surface area (Å²) >= 11 is 6.32. The predicted molar refractivity (Wildman–Crippen MR) is 118 cm³/mol. The van der Waals surface area contributed by atoms with E-state index in [0.29, 0.717) is 27.9 Å². The molecule has 0 radical (unpaired) electrons. The molecule has 0 aliphatic heterocycles. The van der Waals surface area contributed by atoms with E-state index in [0.717, 1.165) is 11.1 Å². The summed E-state index contributed by atoms with van der Waals surface area (Å²) in [6.45, 7) is 1.17. The number of methoxy groups -OCH3 is 1. The van der Waals surface area contributed by atoms with Crippen LogP contribution in [0.5, 0.6) is 11.5 Å². The number of ether oxygens (including phenoxy) is 2. The lowest BCUT2D eigenvalue weighted by Gasteiger charge is -2.13. The van der Waals surface area contributed by atoms with E-state index < -0.39 is 5.91 Å². The van der Waals surface area contributed by atoms with Gasteiger partial charge in [0.05, 0.1) is 17.8 Å². The number of carbonyl (C=O) groups is 2. The summed E-state index contributed by atoms with van der Waals surface area (Å²) in [5, 5.41) is 5.79. The Kier molecular flexibility index (Phi) is 6.93. The molecular formula is C23H21ClN2O4. The van der Waals surface area contributed by atoms with Gasteiger partial charge in [0.25, 0.3) is 5.91 Å². The number of amides is 2. The van der Waals surface area contributed by atoms with Gasteiger partial charge in [0, 0.05) is 12.6 Å². The number of hydrogen-bond donors (Lipinski definition) is 2. The van der Waals surface area contributed by atoms with Crippen molar-refractivity contribution in [2.45, 2.75) is 6.92 Å². The molecule has 0 fully saturated rings. The molecule has 0 bridgehead atoms. The lowest BCUT2D eigenvalue weighted by molar-refractivity contribution is -0.118. The van der Waals surface area contributed by atoms with Crippen molar-refractivity contribution in [2.75, 3.05) is 24.4 Å². The number of benzene rings is 3. The van der Waals surface area contributed by atoms with Crippen LogP contribution in [0, 0.1) is 0 Å². The summed E-state index contributed by atoms with van der Waals surface area (Å²) in [7, 11) is 1.49. The molecule has 3 rings (SSSR count). The SMILES string of the molecule is COc1ccc(NC(C)=O)cc1NC(=O)COc1ccc(-c2ccccc2)cc1Cl. The van der Waals surface area contributed by atoms with Crippen molar-refractivity contribution < 1.29 is 19.1 Å². The quantitative estimate of drug-likeness (QED) is 0.560. The third-order valence-corrected chi connectivity index (χ3v) is 4.49. The average molecular weight is 425 g/mol. The van der Waals surface area contributed by atoms with Crippen LogP contribution in [0.25, 0.3) is 11.1 Å². The van der Waals surface area contributed by atoms with Crippen molar-refractivity contribution in [3.63, 3.8) is 0 Å². The number of anilines is 2. The van der Waals surface area contributed by atoms with Crippen molar-refractivity contribution in [1.82, 2.24) is 0 Å². The molecule has 2 N–H and O–H groups in total. The van der Waals surface area contributed by atoms with E-state index >= 15 is 0 Å². The first-order chi connectivity index (χ1) is 14.5. The molecule has 0 aliphatic carbocycles. The molecule has 7 heteroatoms. The summed E-state index contributed by atoms with van der Waals surface area (Å²) < 4.78 is 10.8. The van der Waals surface area contributed by atoms with Crippen LogP contribution < -0.4 is 20.1 Å². The maximum Gasteiger partial charge on any atom is 0.262 e. The van der Waals surface area contributed by atoms with Gasteiger partial charge >= 0.3 is 0 Å². The molecule has 0 saturated heterocycles. The predicted octanol–water partition coefficient (Wildman–Crippen LogP) is 4.99. The highest BCUT2D eigenvalue weighted by Gasteiger charge is 2.12. The standard InChI is InChI=1S/C23H21ClN2O4/c1-15(27)25-18-9-11-22(29-2)20(13-18)26-23(28)14-30-21-10-8-17(12-19(21)24)16-6-4-3-5-7-16/h3-13H,14H2,1-2H3,(H,25,27)(H,26,28). The van der Waals surface area contributed by atoms with E-state index in [1.165, 1.54) is 14.0 Å². The minimum Gasteiger partial charge on any atom is -0.495 e. The highest BCUT2D eigenvalue weighted by molar-refractivity contribution is 6.32. The van der Waals surface area contributed by atoms with Gasteiger partial charge in [0.2, 0.25) is 5.91 Å². The third kappa shape index (κ3) is 5.52. The van der Waals surface area contributed by atoms with E-state index in [-0.39, 0.29) is 12.5 Å². The molecule has 154 valence electrons. The topological polar surface area (TPSA) is 76.7 Å². The maximum atomic E-state index is 12.4. The number of halogens is 1. The highest BCUT2D eigenvalue weighted by atomic mass is 35.5. The Morgan fingerprint density at radius 1 is 0.900 bits per heavy atom. The zero-order chi connectivity index (χ0) is 21.5. The van der Waals surface area contributed by atoms with Crippen LogP contribution >= 0.6 is 11.6 Å². The fourth-order valence-electron chi connectivity index (χ4n) is 2.84. The van der Waals surface area contributed by atoms with Crippen molar-refractivity contribution in [2.24, 2.45) is 0 Å². The van der Waals surface area contributed by atoms with Crippen LogP contribution in [0.4, 0.5) is 11.4 Å². The molecule has 0 heterocycles. The van der Waals surface area contributed by atoms with E-state index in [1.807, 2.05) is 36.4 Å². The average Bonchev–Trinajstić information content (AvgIpc) is 2.73. The van der Waals surface area contributed by atoms with Gasteiger partial charge in [0.1, 0.15) is 11.5 Å². The first kappa shape index (κ1) is 21.2. The molecule has 6 nitrogen and oxygen atoms in total. The second-order valence-corrected chi connectivity index (χ2v) is 6.85.